The SMILES string of the molecule is Oc1ccc(C(F)(F)F)cn1.[LiH]. The number of pyridine rings is 1. The van der Waals surface area contributed by atoms with Crippen LogP contribution in [0.25, 0.3) is 0 Å². The van der Waals surface area contributed by atoms with Gasteiger partial charge in [-0.3, -0.25) is 0 Å². The van der Waals surface area contributed by atoms with Crippen LogP contribution in [-0.2, 0) is 6.18 Å². The summed E-state index contributed by atoms with van der Waals surface area (Å²) in [5.74, 6) is -0.419. The van der Waals surface area contributed by atoms with Crippen LogP contribution in [-0.4, -0.2) is 29.0 Å². The van der Waals surface area contributed by atoms with Crippen molar-refractivity contribution < 1.29 is 18.3 Å². The Hall–Kier alpha value is -0.663. The Bertz CT molecular complexity index is 246. The predicted octanol–water partition coefficient (Wildman–Crippen LogP) is 1.16. The van der Waals surface area contributed by atoms with Gasteiger partial charge in [-0.1, -0.05) is 0 Å². The van der Waals surface area contributed by atoms with E-state index in [1.165, 1.54) is 0 Å². The van der Waals surface area contributed by atoms with Crippen molar-refractivity contribution in [1.29, 1.82) is 0 Å². The molecule has 0 spiro atoms. The fraction of sp³-hybridized carbons (Fsp3) is 0.167. The van der Waals surface area contributed by atoms with Crippen molar-refractivity contribution in [2.75, 3.05) is 0 Å². The van der Waals surface area contributed by atoms with Crippen LogP contribution in [0.15, 0.2) is 18.3 Å². The van der Waals surface area contributed by atoms with Crippen molar-refractivity contribution in [2.45, 2.75) is 6.18 Å². The van der Waals surface area contributed by atoms with Crippen LogP contribution in [0.2, 0.25) is 0 Å². The Morgan fingerprint density at radius 2 is 1.83 bits per heavy atom. The first-order valence-electron chi connectivity index (χ1n) is 2.72. The fourth-order valence-electron chi connectivity index (χ4n) is 0.554. The maximum atomic E-state index is 11.8. The first-order chi connectivity index (χ1) is 5.00. The molecule has 1 heterocycles. The number of hydrogen-bond donors (Lipinski definition) is 1. The molecule has 0 unspecified atom stereocenters. The Labute approximate surface area is 78.6 Å². The summed E-state index contributed by atoms with van der Waals surface area (Å²) in [7, 11) is 0. The number of rotatable bonds is 0. The molecule has 2 nitrogen and oxygen atoms in total. The van der Waals surface area contributed by atoms with Crippen molar-refractivity contribution in [3.8, 4) is 5.88 Å². The first kappa shape index (κ1) is 11.3. The molecule has 6 heteroatoms. The van der Waals surface area contributed by atoms with Crippen LogP contribution in [0.5, 0.6) is 5.88 Å². The zero-order chi connectivity index (χ0) is 8.48. The monoisotopic (exact) mass is 171 g/mol. The summed E-state index contributed by atoms with van der Waals surface area (Å²) in [4.78, 5) is 3.08. The van der Waals surface area contributed by atoms with Crippen LogP contribution in [0, 0.1) is 0 Å². The van der Waals surface area contributed by atoms with Gasteiger partial charge in [-0.05, 0) is 6.07 Å². The molecule has 0 aliphatic heterocycles. The molecule has 0 aromatic carbocycles. The molecule has 0 atom stereocenters. The molecule has 1 aromatic rings. The number of alkyl halides is 3. The summed E-state index contributed by atoms with van der Waals surface area (Å²) in [5, 5.41) is 8.54. The minimum absolute atomic E-state index is 0. The average molecular weight is 171 g/mol. The zero-order valence-corrected chi connectivity index (χ0v) is 5.26. The summed E-state index contributed by atoms with van der Waals surface area (Å²) in [6.07, 6.45) is -3.81. The van der Waals surface area contributed by atoms with Crippen molar-refractivity contribution in [3.05, 3.63) is 23.9 Å². The van der Waals surface area contributed by atoms with Gasteiger partial charge >= 0.3 is 25.0 Å². The summed E-state index contributed by atoms with van der Waals surface area (Å²) in [5.41, 5.74) is -0.865. The number of aromatic nitrogens is 1. The third-order valence-corrected chi connectivity index (χ3v) is 1.08. The van der Waals surface area contributed by atoms with Gasteiger partial charge in [0.25, 0.3) is 0 Å². The zero-order valence-electron chi connectivity index (χ0n) is 5.26. The van der Waals surface area contributed by atoms with E-state index in [2.05, 4.69) is 4.98 Å². The minimum atomic E-state index is -4.39. The van der Waals surface area contributed by atoms with Crippen LogP contribution in [0.1, 0.15) is 5.56 Å². The van der Waals surface area contributed by atoms with Crippen molar-refractivity contribution in [1.82, 2.24) is 4.98 Å². The van der Waals surface area contributed by atoms with E-state index in [-0.39, 0.29) is 18.9 Å². The van der Waals surface area contributed by atoms with E-state index in [1.807, 2.05) is 0 Å². The van der Waals surface area contributed by atoms with Crippen LogP contribution in [0.4, 0.5) is 13.2 Å². The van der Waals surface area contributed by atoms with Gasteiger partial charge in [-0.2, -0.15) is 13.2 Å². The van der Waals surface area contributed by atoms with Gasteiger partial charge in [0.2, 0.25) is 5.88 Å². The molecule has 62 valence electrons. The van der Waals surface area contributed by atoms with Gasteiger partial charge in [0.1, 0.15) is 0 Å². The number of nitrogens with zero attached hydrogens (tertiary/aromatic N) is 1. The normalized spacial score (nSPS) is 10.6. The number of aromatic hydroxyl groups is 1. The third-order valence-electron chi connectivity index (χ3n) is 1.08. The summed E-state index contributed by atoms with van der Waals surface area (Å²) in [6, 6.07) is 1.66. The van der Waals surface area contributed by atoms with E-state index in [9.17, 15) is 13.2 Å². The Balaban J connectivity index is 0.00000121. The standard InChI is InChI=1S/C6H4F3NO.Li.H/c7-6(8,9)4-1-2-5(11)10-3-4;;/h1-3H,(H,10,11);;. The van der Waals surface area contributed by atoms with Crippen molar-refractivity contribution in [3.63, 3.8) is 0 Å². The van der Waals surface area contributed by atoms with Crippen molar-refractivity contribution >= 4 is 18.9 Å². The molecule has 1 rings (SSSR count). The summed E-state index contributed by atoms with van der Waals surface area (Å²) in [6.45, 7) is 0. The fourth-order valence-corrected chi connectivity index (χ4v) is 0.554. The molecule has 0 radical (unpaired) electrons. The average Bonchev–Trinajstić information content (AvgIpc) is 1.86. The van der Waals surface area contributed by atoms with Gasteiger partial charge in [-0.25, -0.2) is 4.98 Å². The molecular weight excluding hydrogens is 166 g/mol. The predicted molar refractivity (Wildman–Crippen MR) is 38.1 cm³/mol. The van der Waals surface area contributed by atoms with E-state index in [4.69, 9.17) is 5.11 Å². The molecule has 0 aliphatic carbocycles. The molecule has 0 saturated carbocycles. The first-order valence-corrected chi connectivity index (χ1v) is 2.72. The number of halogens is 3. The van der Waals surface area contributed by atoms with Gasteiger partial charge in [-0.15, -0.1) is 0 Å². The van der Waals surface area contributed by atoms with Crippen LogP contribution < -0.4 is 0 Å². The molecule has 1 aromatic heterocycles. The van der Waals surface area contributed by atoms with Gasteiger partial charge in [0.05, 0.1) is 5.56 Å². The van der Waals surface area contributed by atoms with E-state index < -0.39 is 17.6 Å². The van der Waals surface area contributed by atoms with E-state index >= 15 is 0 Å². The van der Waals surface area contributed by atoms with Gasteiger partial charge in [0, 0.05) is 12.3 Å². The second kappa shape index (κ2) is 3.83. The Morgan fingerprint density at radius 1 is 1.25 bits per heavy atom. The molecule has 0 bridgehead atoms. The van der Waals surface area contributed by atoms with Crippen LogP contribution in [0.3, 0.4) is 0 Å². The second-order valence-electron chi connectivity index (χ2n) is 1.90. The Kier molecular flexibility index (Phi) is 3.62. The molecule has 0 fully saturated rings. The topological polar surface area (TPSA) is 33.1 Å². The molecule has 1 N–H and O–H groups in total. The molecule has 0 saturated heterocycles. The quantitative estimate of drug-likeness (QED) is 0.594. The van der Waals surface area contributed by atoms with Gasteiger partial charge in [0.15, 0.2) is 0 Å². The Morgan fingerprint density at radius 3 is 2.17 bits per heavy atom. The van der Waals surface area contributed by atoms with Crippen molar-refractivity contribution in [2.24, 2.45) is 0 Å². The number of hydrogen-bond acceptors (Lipinski definition) is 2. The van der Waals surface area contributed by atoms with E-state index in [0.717, 1.165) is 12.1 Å². The van der Waals surface area contributed by atoms with Gasteiger partial charge < -0.3 is 5.11 Å². The summed E-state index contributed by atoms with van der Waals surface area (Å²) >= 11 is 0. The third kappa shape index (κ3) is 2.76. The summed E-state index contributed by atoms with van der Waals surface area (Å²) < 4.78 is 35.4. The maximum absolute atomic E-state index is 11.8. The van der Waals surface area contributed by atoms with E-state index in [0.29, 0.717) is 6.20 Å². The van der Waals surface area contributed by atoms with Crippen LogP contribution >= 0.6 is 0 Å². The van der Waals surface area contributed by atoms with E-state index in [1.54, 1.807) is 0 Å². The molecular formula is C6H5F3LiNO. The molecule has 0 aliphatic rings. The second-order valence-corrected chi connectivity index (χ2v) is 1.90. The molecule has 12 heavy (non-hydrogen) atoms. The molecule has 0 amide bonds.